The van der Waals surface area contributed by atoms with Crippen molar-refractivity contribution in [3.8, 4) is 5.75 Å². The highest BCUT2D eigenvalue weighted by Gasteiger charge is 2.00. The minimum Gasteiger partial charge on any atom is -0.492 e. The summed E-state index contributed by atoms with van der Waals surface area (Å²) in [5, 5.41) is 0. The first-order chi connectivity index (χ1) is 6.24. The average Bonchev–Trinajstić information content (AvgIpc) is 2.11. The summed E-state index contributed by atoms with van der Waals surface area (Å²) in [4.78, 5) is 0.926. The molecule has 1 aromatic carbocycles. The third-order valence-corrected chi connectivity index (χ3v) is 2.60. The number of unbranched alkanes of at least 4 members (excludes halogenated alkanes) is 1. The van der Waals surface area contributed by atoms with Crippen LogP contribution in [-0.4, -0.2) is 6.61 Å². The van der Waals surface area contributed by atoms with Gasteiger partial charge >= 0.3 is 0 Å². The van der Waals surface area contributed by atoms with E-state index in [1.54, 1.807) is 0 Å². The van der Waals surface area contributed by atoms with E-state index in [4.69, 9.17) is 4.74 Å². The van der Waals surface area contributed by atoms with Crippen molar-refractivity contribution >= 4 is 28.6 Å². The topological polar surface area (TPSA) is 9.23 Å². The lowest BCUT2D eigenvalue weighted by Gasteiger charge is -2.07. The van der Waals surface area contributed by atoms with Crippen LogP contribution in [0.25, 0.3) is 0 Å². The Hall–Kier alpha value is -0.150. The fraction of sp³-hybridized carbons (Fsp3) is 0.400. The number of rotatable bonds is 4. The van der Waals surface area contributed by atoms with Crippen molar-refractivity contribution in [2.24, 2.45) is 0 Å². The van der Waals surface area contributed by atoms with E-state index >= 15 is 0 Å². The number of benzene rings is 1. The van der Waals surface area contributed by atoms with Crippen molar-refractivity contribution in [2.75, 3.05) is 6.61 Å². The Bertz CT molecular complexity index is 276. The molecular formula is C10H13BrOS. The van der Waals surface area contributed by atoms with Gasteiger partial charge in [-0.25, -0.2) is 0 Å². The second kappa shape index (κ2) is 5.55. The Morgan fingerprint density at radius 1 is 1.46 bits per heavy atom. The minimum atomic E-state index is 0.770. The van der Waals surface area contributed by atoms with Crippen LogP contribution in [0.15, 0.2) is 27.6 Å². The van der Waals surface area contributed by atoms with Crippen molar-refractivity contribution in [2.45, 2.75) is 24.7 Å². The third-order valence-electron chi connectivity index (χ3n) is 1.67. The lowest BCUT2D eigenvalue weighted by atomic mass is 10.3. The van der Waals surface area contributed by atoms with Gasteiger partial charge in [-0.2, -0.15) is 0 Å². The zero-order valence-electron chi connectivity index (χ0n) is 7.59. The van der Waals surface area contributed by atoms with Crippen molar-refractivity contribution in [3.63, 3.8) is 0 Å². The molecule has 0 amide bonds. The zero-order valence-corrected chi connectivity index (χ0v) is 10.1. The summed E-state index contributed by atoms with van der Waals surface area (Å²) < 4.78 is 6.55. The fourth-order valence-corrected chi connectivity index (χ4v) is 1.48. The molecule has 1 aromatic rings. The zero-order chi connectivity index (χ0) is 9.68. The van der Waals surface area contributed by atoms with Crippen LogP contribution in [0, 0.1) is 0 Å². The molecule has 0 spiro atoms. The maximum absolute atomic E-state index is 5.56. The maximum Gasteiger partial charge on any atom is 0.134 e. The van der Waals surface area contributed by atoms with E-state index in [0.717, 1.165) is 34.6 Å². The quantitative estimate of drug-likeness (QED) is 0.638. The van der Waals surface area contributed by atoms with Crippen LogP contribution >= 0.6 is 28.6 Å². The van der Waals surface area contributed by atoms with Crippen LogP contribution in [-0.2, 0) is 0 Å². The van der Waals surface area contributed by atoms with Crippen LogP contribution in [0.3, 0.4) is 0 Å². The lowest BCUT2D eigenvalue weighted by Crippen LogP contribution is -1.96. The van der Waals surface area contributed by atoms with Gasteiger partial charge < -0.3 is 4.74 Å². The number of thiol groups is 1. The summed E-state index contributed by atoms with van der Waals surface area (Å²) in [7, 11) is 0. The highest BCUT2D eigenvalue weighted by molar-refractivity contribution is 9.10. The van der Waals surface area contributed by atoms with Gasteiger partial charge in [0.15, 0.2) is 0 Å². The molecule has 0 heterocycles. The van der Waals surface area contributed by atoms with Crippen LogP contribution in [0.1, 0.15) is 19.8 Å². The van der Waals surface area contributed by atoms with Gasteiger partial charge in [0.25, 0.3) is 0 Å². The molecule has 0 radical (unpaired) electrons. The van der Waals surface area contributed by atoms with Crippen LogP contribution in [0.5, 0.6) is 5.75 Å². The number of halogens is 1. The lowest BCUT2D eigenvalue weighted by molar-refractivity contribution is 0.307. The van der Waals surface area contributed by atoms with Gasteiger partial charge in [0.1, 0.15) is 5.75 Å². The van der Waals surface area contributed by atoms with E-state index in [-0.39, 0.29) is 0 Å². The summed E-state index contributed by atoms with van der Waals surface area (Å²) in [5.74, 6) is 0.876. The first-order valence-corrected chi connectivity index (χ1v) is 5.59. The predicted octanol–water partition coefficient (Wildman–Crippen LogP) is 3.92. The van der Waals surface area contributed by atoms with Crippen LogP contribution in [0.2, 0.25) is 0 Å². The molecule has 0 bridgehead atoms. The second-order valence-corrected chi connectivity index (χ2v) is 4.19. The van der Waals surface area contributed by atoms with Crippen molar-refractivity contribution in [1.29, 1.82) is 0 Å². The first-order valence-electron chi connectivity index (χ1n) is 4.35. The molecule has 0 atom stereocenters. The van der Waals surface area contributed by atoms with E-state index in [1.165, 1.54) is 0 Å². The molecule has 0 aliphatic carbocycles. The molecule has 0 N–H and O–H groups in total. The second-order valence-electron chi connectivity index (χ2n) is 2.82. The summed E-state index contributed by atoms with van der Waals surface area (Å²) in [6.07, 6.45) is 2.24. The molecule has 0 fully saturated rings. The minimum absolute atomic E-state index is 0.770. The van der Waals surface area contributed by atoms with Gasteiger partial charge in [0.2, 0.25) is 0 Å². The van der Waals surface area contributed by atoms with E-state index < -0.39 is 0 Å². The standard InChI is InChI=1S/C10H13BrOS/c1-2-3-6-12-10-7-8(13)4-5-9(10)11/h4-5,7,13H,2-3,6H2,1H3. The SMILES string of the molecule is CCCCOc1cc(S)ccc1Br. The Kier molecular flexibility index (Phi) is 4.67. The van der Waals surface area contributed by atoms with Crippen molar-refractivity contribution in [3.05, 3.63) is 22.7 Å². The summed E-state index contributed by atoms with van der Waals surface area (Å²) in [6.45, 7) is 2.92. The molecule has 0 aliphatic heterocycles. The fourth-order valence-electron chi connectivity index (χ4n) is 0.929. The number of ether oxygens (including phenoxy) is 1. The van der Waals surface area contributed by atoms with Gasteiger partial charge in [-0.05, 0) is 40.5 Å². The van der Waals surface area contributed by atoms with Crippen LogP contribution in [0.4, 0.5) is 0 Å². The highest BCUT2D eigenvalue weighted by Crippen LogP contribution is 2.27. The van der Waals surface area contributed by atoms with Crippen molar-refractivity contribution in [1.82, 2.24) is 0 Å². The molecule has 0 aromatic heterocycles. The average molecular weight is 261 g/mol. The van der Waals surface area contributed by atoms with E-state index in [2.05, 4.69) is 35.5 Å². The molecule has 0 saturated carbocycles. The van der Waals surface area contributed by atoms with E-state index in [0.29, 0.717) is 0 Å². The summed E-state index contributed by atoms with van der Waals surface area (Å²) in [5.41, 5.74) is 0. The molecule has 3 heteroatoms. The summed E-state index contributed by atoms with van der Waals surface area (Å²) in [6, 6.07) is 5.80. The van der Waals surface area contributed by atoms with E-state index in [9.17, 15) is 0 Å². The summed E-state index contributed by atoms with van der Waals surface area (Å²) >= 11 is 7.67. The molecule has 0 unspecified atom stereocenters. The van der Waals surface area contributed by atoms with Gasteiger partial charge in [0.05, 0.1) is 11.1 Å². The Labute approximate surface area is 93.0 Å². The molecule has 1 rings (SSSR count). The smallest absolute Gasteiger partial charge is 0.134 e. The largest absolute Gasteiger partial charge is 0.492 e. The predicted molar refractivity (Wildman–Crippen MR) is 61.8 cm³/mol. The third kappa shape index (κ3) is 3.61. The van der Waals surface area contributed by atoms with Gasteiger partial charge in [-0.15, -0.1) is 12.6 Å². The van der Waals surface area contributed by atoms with Crippen molar-refractivity contribution < 1.29 is 4.74 Å². The van der Waals surface area contributed by atoms with E-state index in [1.807, 2.05) is 18.2 Å². The molecule has 1 nitrogen and oxygen atoms in total. The maximum atomic E-state index is 5.56. The Morgan fingerprint density at radius 3 is 2.92 bits per heavy atom. The van der Waals surface area contributed by atoms with Gasteiger partial charge in [-0.1, -0.05) is 13.3 Å². The Morgan fingerprint density at radius 2 is 2.23 bits per heavy atom. The monoisotopic (exact) mass is 260 g/mol. The van der Waals surface area contributed by atoms with Gasteiger partial charge in [-0.3, -0.25) is 0 Å². The highest BCUT2D eigenvalue weighted by atomic mass is 79.9. The van der Waals surface area contributed by atoms with Crippen LogP contribution < -0.4 is 4.74 Å². The molecular weight excluding hydrogens is 248 g/mol. The Balaban J connectivity index is 2.59. The van der Waals surface area contributed by atoms with Gasteiger partial charge in [0, 0.05) is 4.90 Å². The molecule has 0 saturated heterocycles. The number of hydrogen-bond donors (Lipinski definition) is 1. The first kappa shape index (κ1) is 10.9. The molecule has 72 valence electrons. The normalized spacial score (nSPS) is 10.1. The molecule has 13 heavy (non-hydrogen) atoms. The number of hydrogen-bond acceptors (Lipinski definition) is 2. The molecule has 0 aliphatic rings.